The lowest BCUT2D eigenvalue weighted by molar-refractivity contribution is -0.143. The quantitative estimate of drug-likeness (QED) is 0.808. The van der Waals surface area contributed by atoms with Crippen molar-refractivity contribution in [2.24, 2.45) is 5.92 Å². The summed E-state index contributed by atoms with van der Waals surface area (Å²) in [5.74, 6) is -0.867. The molecule has 1 atom stereocenters. The standard InChI is InChI=1S/C16H23NO4/c1-10(2)15(16(19)20)17-14(18)9-12-7-5-6-8-13(12)21-11(3)4/h5-8,10-11,15H,9H2,1-4H3,(H,17,18)(H,19,20)/t15-/m1/s1. The van der Waals surface area contributed by atoms with E-state index in [-0.39, 0.29) is 24.3 Å². The van der Waals surface area contributed by atoms with Crippen molar-refractivity contribution >= 4 is 11.9 Å². The van der Waals surface area contributed by atoms with Crippen LogP contribution in [0.5, 0.6) is 5.75 Å². The molecule has 0 heterocycles. The monoisotopic (exact) mass is 293 g/mol. The maximum atomic E-state index is 12.0. The van der Waals surface area contributed by atoms with Crippen LogP contribution in [0.2, 0.25) is 0 Å². The van der Waals surface area contributed by atoms with E-state index >= 15 is 0 Å². The summed E-state index contributed by atoms with van der Waals surface area (Å²) in [6.45, 7) is 7.34. The zero-order chi connectivity index (χ0) is 16.0. The summed E-state index contributed by atoms with van der Waals surface area (Å²) in [5, 5.41) is 11.6. The zero-order valence-corrected chi connectivity index (χ0v) is 12.9. The van der Waals surface area contributed by atoms with Crippen LogP contribution in [0.1, 0.15) is 33.3 Å². The van der Waals surface area contributed by atoms with E-state index in [4.69, 9.17) is 9.84 Å². The van der Waals surface area contributed by atoms with Gasteiger partial charge in [0, 0.05) is 5.56 Å². The number of carbonyl (C=O) groups is 2. The Hall–Kier alpha value is -2.04. The van der Waals surface area contributed by atoms with Gasteiger partial charge in [-0.3, -0.25) is 4.79 Å². The van der Waals surface area contributed by atoms with Crippen LogP contribution in [-0.2, 0) is 16.0 Å². The van der Waals surface area contributed by atoms with Gasteiger partial charge in [-0.2, -0.15) is 0 Å². The second-order valence-corrected chi connectivity index (χ2v) is 5.58. The smallest absolute Gasteiger partial charge is 0.326 e. The number of carboxylic acid groups (broad SMARTS) is 1. The predicted molar refractivity (Wildman–Crippen MR) is 80.3 cm³/mol. The molecule has 5 nitrogen and oxygen atoms in total. The number of nitrogens with one attached hydrogen (secondary N) is 1. The van der Waals surface area contributed by atoms with Crippen LogP contribution in [0.3, 0.4) is 0 Å². The van der Waals surface area contributed by atoms with Crippen molar-refractivity contribution < 1.29 is 19.4 Å². The van der Waals surface area contributed by atoms with E-state index in [1.165, 1.54) is 0 Å². The molecule has 1 aromatic rings. The molecule has 0 aliphatic rings. The number of hydrogen-bond acceptors (Lipinski definition) is 3. The average Bonchev–Trinajstić information content (AvgIpc) is 2.37. The Balaban J connectivity index is 2.77. The normalized spacial score (nSPS) is 12.3. The van der Waals surface area contributed by atoms with Crippen molar-refractivity contribution in [1.29, 1.82) is 0 Å². The zero-order valence-electron chi connectivity index (χ0n) is 12.9. The third-order valence-electron chi connectivity index (χ3n) is 2.94. The Morgan fingerprint density at radius 2 is 1.81 bits per heavy atom. The molecule has 0 unspecified atom stereocenters. The lowest BCUT2D eigenvalue weighted by Gasteiger charge is -2.19. The first-order valence-corrected chi connectivity index (χ1v) is 7.08. The summed E-state index contributed by atoms with van der Waals surface area (Å²) in [7, 11) is 0. The van der Waals surface area contributed by atoms with Gasteiger partial charge in [0.15, 0.2) is 0 Å². The van der Waals surface area contributed by atoms with E-state index in [9.17, 15) is 9.59 Å². The minimum atomic E-state index is -1.02. The Morgan fingerprint density at radius 3 is 2.33 bits per heavy atom. The van der Waals surface area contributed by atoms with Gasteiger partial charge in [0.05, 0.1) is 12.5 Å². The van der Waals surface area contributed by atoms with Crippen LogP contribution in [-0.4, -0.2) is 29.1 Å². The SMILES string of the molecule is CC(C)Oc1ccccc1CC(=O)N[C@@H](C(=O)O)C(C)C. The van der Waals surface area contributed by atoms with Crippen molar-refractivity contribution in [2.75, 3.05) is 0 Å². The van der Waals surface area contributed by atoms with Crippen LogP contribution in [0.4, 0.5) is 0 Å². The molecule has 21 heavy (non-hydrogen) atoms. The summed E-state index contributed by atoms with van der Waals surface area (Å²) < 4.78 is 5.65. The Morgan fingerprint density at radius 1 is 1.19 bits per heavy atom. The molecule has 0 aromatic heterocycles. The molecular formula is C16H23NO4. The Kier molecular flexibility index (Phi) is 6.21. The van der Waals surface area contributed by atoms with Crippen LogP contribution in [0.25, 0.3) is 0 Å². The molecule has 0 saturated heterocycles. The molecule has 2 N–H and O–H groups in total. The fourth-order valence-electron chi connectivity index (χ4n) is 1.93. The van der Waals surface area contributed by atoms with Gasteiger partial charge in [-0.25, -0.2) is 4.79 Å². The highest BCUT2D eigenvalue weighted by atomic mass is 16.5. The number of amides is 1. The first-order chi connectivity index (χ1) is 9.81. The van der Waals surface area contributed by atoms with E-state index in [0.29, 0.717) is 5.75 Å². The molecular weight excluding hydrogens is 270 g/mol. The number of carboxylic acids is 1. The molecule has 5 heteroatoms. The van der Waals surface area contributed by atoms with Crippen molar-refractivity contribution in [3.05, 3.63) is 29.8 Å². The molecule has 1 rings (SSSR count). The molecule has 1 aromatic carbocycles. The van der Waals surface area contributed by atoms with Crippen LogP contribution in [0, 0.1) is 5.92 Å². The van der Waals surface area contributed by atoms with Gasteiger partial charge >= 0.3 is 5.97 Å². The number of aliphatic carboxylic acids is 1. The van der Waals surface area contributed by atoms with E-state index in [2.05, 4.69) is 5.32 Å². The molecule has 0 aliphatic heterocycles. The van der Waals surface area contributed by atoms with Crippen LogP contribution >= 0.6 is 0 Å². The van der Waals surface area contributed by atoms with Gasteiger partial charge in [0.2, 0.25) is 5.91 Å². The van der Waals surface area contributed by atoms with Crippen molar-refractivity contribution in [3.63, 3.8) is 0 Å². The number of carbonyl (C=O) groups excluding carboxylic acids is 1. The van der Waals surface area contributed by atoms with Gasteiger partial charge in [0.25, 0.3) is 0 Å². The van der Waals surface area contributed by atoms with Crippen LogP contribution in [0.15, 0.2) is 24.3 Å². The Labute approximate surface area is 125 Å². The van der Waals surface area contributed by atoms with Gasteiger partial charge in [-0.05, 0) is 25.8 Å². The second kappa shape index (κ2) is 7.67. The van der Waals surface area contributed by atoms with E-state index in [1.807, 2.05) is 32.0 Å². The number of benzene rings is 1. The molecule has 0 spiro atoms. The Bertz CT molecular complexity index is 497. The summed E-state index contributed by atoms with van der Waals surface area (Å²) in [4.78, 5) is 23.1. The molecule has 1 amide bonds. The highest BCUT2D eigenvalue weighted by molar-refractivity contribution is 5.85. The predicted octanol–water partition coefficient (Wildman–Crippen LogP) is 2.24. The summed E-state index contributed by atoms with van der Waals surface area (Å²) in [6, 6.07) is 6.40. The first-order valence-electron chi connectivity index (χ1n) is 7.08. The average molecular weight is 293 g/mol. The fraction of sp³-hybridized carbons (Fsp3) is 0.500. The van der Waals surface area contributed by atoms with E-state index in [1.54, 1.807) is 19.9 Å². The minimum Gasteiger partial charge on any atom is -0.491 e. The lowest BCUT2D eigenvalue weighted by Crippen LogP contribution is -2.44. The van der Waals surface area contributed by atoms with Gasteiger partial charge in [-0.15, -0.1) is 0 Å². The largest absolute Gasteiger partial charge is 0.491 e. The molecule has 0 bridgehead atoms. The van der Waals surface area contributed by atoms with Crippen molar-refractivity contribution in [1.82, 2.24) is 5.32 Å². The van der Waals surface area contributed by atoms with Crippen LogP contribution < -0.4 is 10.1 Å². The summed E-state index contributed by atoms with van der Waals surface area (Å²) >= 11 is 0. The highest BCUT2D eigenvalue weighted by Crippen LogP contribution is 2.20. The molecule has 0 radical (unpaired) electrons. The summed E-state index contributed by atoms with van der Waals surface area (Å²) in [6.07, 6.45) is 0.107. The van der Waals surface area contributed by atoms with E-state index < -0.39 is 12.0 Å². The number of ether oxygens (including phenoxy) is 1. The first kappa shape index (κ1) is 17.0. The number of rotatable bonds is 7. The maximum absolute atomic E-state index is 12.0. The molecule has 0 fully saturated rings. The molecule has 0 saturated carbocycles. The maximum Gasteiger partial charge on any atom is 0.326 e. The van der Waals surface area contributed by atoms with Gasteiger partial charge in [-0.1, -0.05) is 32.0 Å². The third-order valence-corrected chi connectivity index (χ3v) is 2.94. The summed E-state index contributed by atoms with van der Waals surface area (Å²) in [5.41, 5.74) is 0.747. The van der Waals surface area contributed by atoms with Crippen molar-refractivity contribution in [2.45, 2.75) is 46.3 Å². The van der Waals surface area contributed by atoms with Gasteiger partial charge in [0.1, 0.15) is 11.8 Å². The third kappa shape index (κ3) is 5.45. The highest BCUT2D eigenvalue weighted by Gasteiger charge is 2.23. The van der Waals surface area contributed by atoms with Crippen molar-refractivity contribution in [3.8, 4) is 5.75 Å². The second-order valence-electron chi connectivity index (χ2n) is 5.58. The molecule has 116 valence electrons. The number of hydrogen-bond donors (Lipinski definition) is 2. The topological polar surface area (TPSA) is 75.6 Å². The van der Waals surface area contributed by atoms with Gasteiger partial charge < -0.3 is 15.2 Å². The molecule has 0 aliphatic carbocycles. The fourth-order valence-corrected chi connectivity index (χ4v) is 1.93. The number of para-hydroxylation sites is 1. The lowest BCUT2D eigenvalue weighted by atomic mass is 10.0. The van der Waals surface area contributed by atoms with E-state index in [0.717, 1.165) is 5.56 Å². The minimum absolute atomic E-state index is 0.0108.